The minimum Gasteiger partial charge on any atom is -0.480 e. The van der Waals surface area contributed by atoms with Gasteiger partial charge in [-0.05, 0) is 37.7 Å². The maximum atomic E-state index is 11.2. The fraction of sp³-hybridized carbons (Fsp3) is 0.636. The van der Waals surface area contributed by atoms with Gasteiger partial charge in [0.2, 0.25) is 5.91 Å². The number of hydrogen-bond acceptors (Lipinski definition) is 2. The Morgan fingerprint density at radius 1 is 1.47 bits per heavy atom. The molecule has 0 radical (unpaired) electrons. The first kappa shape index (κ1) is 11.8. The Kier molecular flexibility index (Phi) is 3.50. The zero-order valence-corrected chi connectivity index (χ0v) is 8.95. The smallest absolute Gasteiger partial charge is 0.329 e. The number of carbonyl (C=O) groups excluding carboxylic acids is 1. The highest BCUT2D eigenvalue weighted by Crippen LogP contribution is 2.32. The van der Waals surface area contributed by atoms with Crippen LogP contribution < -0.4 is 5.32 Å². The van der Waals surface area contributed by atoms with Crippen molar-refractivity contribution in [1.29, 1.82) is 0 Å². The average Bonchev–Trinajstić information content (AvgIpc) is 2.21. The Hall–Kier alpha value is -1.32. The second-order valence-electron chi connectivity index (χ2n) is 4.26. The molecule has 0 aromatic rings. The molecule has 1 amide bonds. The summed E-state index contributed by atoms with van der Waals surface area (Å²) >= 11 is 0. The molecular formula is C11H17NO3. The van der Waals surface area contributed by atoms with E-state index >= 15 is 0 Å². The summed E-state index contributed by atoms with van der Waals surface area (Å²) in [5.41, 5.74) is -1.07. The highest BCUT2D eigenvalue weighted by Gasteiger charge is 2.41. The van der Waals surface area contributed by atoms with Crippen LogP contribution >= 0.6 is 0 Å². The molecule has 15 heavy (non-hydrogen) atoms. The van der Waals surface area contributed by atoms with Crippen molar-refractivity contribution in [1.82, 2.24) is 5.32 Å². The average molecular weight is 211 g/mol. The molecule has 0 saturated heterocycles. The van der Waals surface area contributed by atoms with Crippen LogP contribution in [0.25, 0.3) is 0 Å². The SMILES string of the molecule is C=CC(=O)NC1(C(=O)O)CCC(C)CC1. The number of carboxylic acid groups (broad SMARTS) is 1. The number of nitrogens with one attached hydrogen (secondary N) is 1. The van der Waals surface area contributed by atoms with Gasteiger partial charge in [0.05, 0.1) is 0 Å². The Labute approximate surface area is 89.4 Å². The number of carbonyl (C=O) groups is 2. The zero-order chi connectivity index (χ0) is 11.5. The van der Waals surface area contributed by atoms with Crippen LogP contribution in [0.15, 0.2) is 12.7 Å². The van der Waals surface area contributed by atoms with E-state index in [1.807, 2.05) is 0 Å². The second kappa shape index (κ2) is 4.47. The third-order valence-corrected chi connectivity index (χ3v) is 3.09. The maximum Gasteiger partial charge on any atom is 0.329 e. The van der Waals surface area contributed by atoms with Crippen molar-refractivity contribution >= 4 is 11.9 Å². The highest BCUT2D eigenvalue weighted by atomic mass is 16.4. The molecule has 4 nitrogen and oxygen atoms in total. The van der Waals surface area contributed by atoms with Gasteiger partial charge in [-0.2, -0.15) is 0 Å². The van der Waals surface area contributed by atoms with Gasteiger partial charge in [-0.15, -0.1) is 0 Å². The molecule has 1 saturated carbocycles. The lowest BCUT2D eigenvalue weighted by molar-refractivity contribution is -0.149. The van der Waals surface area contributed by atoms with Crippen molar-refractivity contribution in [3.63, 3.8) is 0 Å². The Morgan fingerprint density at radius 3 is 2.40 bits per heavy atom. The second-order valence-corrected chi connectivity index (χ2v) is 4.26. The molecule has 0 bridgehead atoms. The molecule has 1 rings (SSSR count). The van der Waals surface area contributed by atoms with Crippen LogP contribution in [0.5, 0.6) is 0 Å². The molecule has 1 fully saturated rings. The summed E-state index contributed by atoms with van der Waals surface area (Å²) in [5, 5.41) is 11.7. The number of rotatable bonds is 3. The minimum absolute atomic E-state index is 0.410. The zero-order valence-electron chi connectivity index (χ0n) is 8.95. The molecule has 0 aromatic carbocycles. The molecule has 1 aliphatic carbocycles. The van der Waals surface area contributed by atoms with Crippen LogP contribution in [0.3, 0.4) is 0 Å². The number of hydrogen-bond donors (Lipinski definition) is 2. The van der Waals surface area contributed by atoms with Crippen molar-refractivity contribution in [3.8, 4) is 0 Å². The van der Waals surface area contributed by atoms with Gasteiger partial charge in [0.1, 0.15) is 5.54 Å². The van der Waals surface area contributed by atoms with Gasteiger partial charge >= 0.3 is 5.97 Å². The van der Waals surface area contributed by atoms with Crippen LogP contribution in [0.1, 0.15) is 32.6 Å². The van der Waals surface area contributed by atoms with Crippen LogP contribution in [-0.2, 0) is 9.59 Å². The van der Waals surface area contributed by atoms with E-state index in [4.69, 9.17) is 0 Å². The Morgan fingerprint density at radius 2 is 2.00 bits per heavy atom. The lowest BCUT2D eigenvalue weighted by atomic mass is 9.77. The fourth-order valence-corrected chi connectivity index (χ4v) is 1.93. The summed E-state index contributed by atoms with van der Waals surface area (Å²) in [7, 11) is 0. The molecule has 84 valence electrons. The molecule has 4 heteroatoms. The monoisotopic (exact) mass is 211 g/mol. The summed E-state index contributed by atoms with van der Waals surface area (Å²) in [5.74, 6) is -0.810. The lowest BCUT2D eigenvalue weighted by Crippen LogP contribution is -2.55. The van der Waals surface area contributed by atoms with E-state index in [2.05, 4.69) is 18.8 Å². The van der Waals surface area contributed by atoms with Crippen molar-refractivity contribution in [2.24, 2.45) is 5.92 Å². The third kappa shape index (κ3) is 2.58. The van der Waals surface area contributed by atoms with Crippen molar-refractivity contribution < 1.29 is 14.7 Å². The summed E-state index contributed by atoms with van der Waals surface area (Å²) in [4.78, 5) is 22.4. The van der Waals surface area contributed by atoms with Crippen LogP contribution in [-0.4, -0.2) is 22.5 Å². The van der Waals surface area contributed by atoms with E-state index in [1.165, 1.54) is 0 Å². The van der Waals surface area contributed by atoms with Gasteiger partial charge in [-0.3, -0.25) is 4.79 Å². The summed E-state index contributed by atoms with van der Waals surface area (Å²) in [6.45, 7) is 5.42. The predicted molar refractivity (Wildman–Crippen MR) is 56.3 cm³/mol. The summed E-state index contributed by atoms with van der Waals surface area (Å²) in [6.07, 6.45) is 3.79. The summed E-state index contributed by atoms with van der Waals surface area (Å²) in [6, 6.07) is 0. The highest BCUT2D eigenvalue weighted by molar-refractivity contribution is 5.92. The first-order valence-corrected chi connectivity index (χ1v) is 5.18. The molecular weight excluding hydrogens is 194 g/mol. The molecule has 0 atom stereocenters. The van der Waals surface area contributed by atoms with Crippen molar-refractivity contribution in [2.45, 2.75) is 38.1 Å². The van der Waals surface area contributed by atoms with Crippen molar-refractivity contribution in [2.75, 3.05) is 0 Å². The van der Waals surface area contributed by atoms with E-state index in [1.54, 1.807) is 0 Å². The van der Waals surface area contributed by atoms with Gasteiger partial charge in [0.25, 0.3) is 0 Å². The van der Waals surface area contributed by atoms with E-state index < -0.39 is 17.4 Å². The largest absolute Gasteiger partial charge is 0.480 e. The first-order chi connectivity index (χ1) is 7.00. The Bertz CT molecular complexity index is 278. The van der Waals surface area contributed by atoms with Gasteiger partial charge in [-0.1, -0.05) is 13.5 Å². The lowest BCUT2D eigenvalue weighted by Gasteiger charge is -2.36. The van der Waals surface area contributed by atoms with E-state index in [0.29, 0.717) is 18.8 Å². The molecule has 0 aliphatic heterocycles. The normalized spacial score (nSPS) is 30.6. The van der Waals surface area contributed by atoms with Crippen LogP contribution in [0.2, 0.25) is 0 Å². The van der Waals surface area contributed by atoms with E-state index in [9.17, 15) is 14.7 Å². The standard InChI is InChI=1S/C11H17NO3/c1-3-9(13)12-11(10(14)15)6-4-8(2)5-7-11/h3,8H,1,4-7H2,2H3,(H,12,13)(H,14,15). The number of amides is 1. The third-order valence-electron chi connectivity index (χ3n) is 3.09. The topological polar surface area (TPSA) is 66.4 Å². The summed E-state index contributed by atoms with van der Waals surface area (Å²) < 4.78 is 0. The molecule has 0 aromatic heterocycles. The molecule has 1 aliphatic rings. The van der Waals surface area contributed by atoms with Crippen LogP contribution in [0.4, 0.5) is 0 Å². The quantitative estimate of drug-likeness (QED) is 0.692. The van der Waals surface area contributed by atoms with E-state index in [-0.39, 0.29) is 0 Å². The number of carboxylic acids is 1. The number of aliphatic carboxylic acids is 1. The molecule has 0 heterocycles. The van der Waals surface area contributed by atoms with Gasteiger partial charge in [-0.25, -0.2) is 4.79 Å². The molecule has 0 unspecified atom stereocenters. The van der Waals surface area contributed by atoms with Gasteiger partial charge in [0, 0.05) is 0 Å². The van der Waals surface area contributed by atoms with E-state index in [0.717, 1.165) is 18.9 Å². The van der Waals surface area contributed by atoms with Gasteiger partial charge < -0.3 is 10.4 Å². The fourth-order valence-electron chi connectivity index (χ4n) is 1.93. The Balaban J connectivity index is 2.75. The maximum absolute atomic E-state index is 11.2. The molecule has 0 spiro atoms. The first-order valence-electron chi connectivity index (χ1n) is 5.18. The molecule has 2 N–H and O–H groups in total. The van der Waals surface area contributed by atoms with Crippen molar-refractivity contribution in [3.05, 3.63) is 12.7 Å². The van der Waals surface area contributed by atoms with Crippen LogP contribution in [0, 0.1) is 5.92 Å². The van der Waals surface area contributed by atoms with Gasteiger partial charge in [0.15, 0.2) is 0 Å². The predicted octanol–water partition coefficient (Wildman–Crippen LogP) is 1.32. The minimum atomic E-state index is -1.07.